The van der Waals surface area contributed by atoms with E-state index in [0.717, 1.165) is 12.1 Å². The van der Waals surface area contributed by atoms with Gasteiger partial charge in [-0.2, -0.15) is 0 Å². The maximum Gasteiger partial charge on any atom is 0.0828 e. The zero-order valence-corrected chi connectivity index (χ0v) is 6.77. The predicted molar refractivity (Wildman–Crippen MR) is 46.0 cm³/mol. The Morgan fingerprint density at radius 1 is 1.00 bits per heavy atom. The Labute approximate surface area is 59.2 Å². The van der Waals surface area contributed by atoms with E-state index >= 15 is 0 Å². The summed E-state index contributed by atoms with van der Waals surface area (Å²) in [6.45, 7) is 11.1. The van der Waals surface area contributed by atoms with Gasteiger partial charge in [-0.05, 0) is 12.1 Å². The Hall–Kier alpha value is -0.563. The van der Waals surface area contributed by atoms with Crippen LogP contribution in [-0.2, 0) is 0 Å². The molecule has 1 radical (unpaired) electrons. The zero-order chi connectivity index (χ0) is 7.11. The van der Waals surface area contributed by atoms with Gasteiger partial charge in [-0.15, -0.1) is 25.4 Å². The SMILES string of the molecule is C=CC[Si](C=C)CC=C. The molecule has 0 N–H and O–H groups in total. The van der Waals surface area contributed by atoms with Crippen LogP contribution in [0.5, 0.6) is 0 Å². The van der Waals surface area contributed by atoms with E-state index in [2.05, 4.69) is 19.7 Å². The fourth-order valence-corrected chi connectivity index (χ4v) is 1.86. The van der Waals surface area contributed by atoms with Crippen molar-refractivity contribution in [3.05, 3.63) is 37.6 Å². The summed E-state index contributed by atoms with van der Waals surface area (Å²) in [4.78, 5) is 0. The second-order valence-corrected chi connectivity index (χ2v) is 4.39. The van der Waals surface area contributed by atoms with Crippen LogP contribution in [0.2, 0.25) is 12.1 Å². The van der Waals surface area contributed by atoms with E-state index in [4.69, 9.17) is 0 Å². The molecule has 0 aromatic rings. The van der Waals surface area contributed by atoms with Crippen LogP contribution in [0.15, 0.2) is 37.6 Å². The van der Waals surface area contributed by atoms with Gasteiger partial charge in [0, 0.05) is 0 Å². The molecule has 0 aliphatic rings. The van der Waals surface area contributed by atoms with Gasteiger partial charge in [0.1, 0.15) is 0 Å². The van der Waals surface area contributed by atoms with Gasteiger partial charge < -0.3 is 0 Å². The molecule has 0 saturated carbocycles. The Kier molecular flexibility index (Phi) is 5.22. The van der Waals surface area contributed by atoms with Gasteiger partial charge in [0.15, 0.2) is 0 Å². The average molecular weight is 137 g/mol. The van der Waals surface area contributed by atoms with Crippen LogP contribution in [-0.4, -0.2) is 8.80 Å². The quantitative estimate of drug-likeness (QED) is 0.403. The summed E-state index contributed by atoms with van der Waals surface area (Å²) in [5, 5.41) is 0. The first kappa shape index (κ1) is 8.44. The van der Waals surface area contributed by atoms with Crippen LogP contribution >= 0.6 is 0 Å². The van der Waals surface area contributed by atoms with Crippen molar-refractivity contribution >= 4 is 8.80 Å². The lowest BCUT2D eigenvalue weighted by Gasteiger charge is -2.00. The molecule has 49 valence electrons. The molecule has 0 saturated heterocycles. The lowest BCUT2D eigenvalue weighted by atomic mass is 10.7. The predicted octanol–water partition coefficient (Wildman–Crippen LogP) is 2.58. The second kappa shape index (κ2) is 5.57. The van der Waals surface area contributed by atoms with Gasteiger partial charge in [-0.25, -0.2) is 0 Å². The first-order valence-corrected chi connectivity index (χ1v) is 5.03. The van der Waals surface area contributed by atoms with Crippen molar-refractivity contribution in [3.63, 3.8) is 0 Å². The Bertz CT molecular complexity index is 95.1. The van der Waals surface area contributed by atoms with Gasteiger partial charge in [0.05, 0.1) is 8.80 Å². The fourth-order valence-electron chi connectivity index (χ4n) is 0.621. The molecule has 0 bridgehead atoms. The highest BCUT2D eigenvalue weighted by Crippen LogP contribution is 2.00. The van der Waals surface area contributed by atoms with Crippen LogP contribution in [0.4, 0.5) is 0 Å². The molecule has 0 aliphatic heterocycles. The molecule has 0 aromatic carbocycles. The second-order valence-electron chi connectivity index (χ2n) is 1.85. The molecule has 0 fully saturated rings. The number of hydrogen-bond donors (Lipinski definition) is 0. The summed E-state index contributed by atoms with van der Waals surface area (Å²) < 4.78 is 0. The standard InChI is InChI=1S/C8H13Si/c1-4-7-9(6-3)8-5-2/h4-6H,1-3,7-8H2. The van der Waals surface area contributed by atoms with Crippen LogP contribution in [0.25, 0.3) is 0 Å². The van der Waals surface area contributed by atoms with E-state index in [-0.39, 0.29) is 8.80 Å². The summed E-state index contributed by atoms with van der Waals surface area (Å²) >= 11 is 0. The third-order valence-electron chi connectivity index (χ3n) is 1.10. The highest BCUT2D eigenvalue weighted by molar-refractivity contribution is 6.65. The minimum atomic E-state index is -0.358. The molecule has 0 aromatic heterocycles. The molecule has 1 heteroatoms. The smallest absolute Gasteiger partial charge is 0.0828 e. The number of allylic oxidation sites excluding steroid dienone is 2. The molecule has 0 nitrogen and oxygen atoms in total. The normalized spacial score (nSPS) is 9.00. The third kappa shape index (κ3) is 3.97. The van der Waals surface area contributed by atoms with E-state index in [9.17, 15) is 0 Å². The Morgan fingerprint density at radius 2 is 1.44 bits per heavy atom. The van der Waals surface area contributed by atoms with Gasteiger partial charge in [-0.1, -0.05) is 12.2 Å². The highest BCUT2D eigenvalue weighted by Gasteiger charge is 1.99. The maximum absolute atomic E-state index is 3.75. The summed E-state index contributed by atoms with van der Waals surface area (Å²) in [6.07, 6.45) is 3.92. The average Bonchev–Trinajstić information content (AvgIpc) is 1.88. The van der Waals surface area contributed by atoms with E-state index in [1.807, 2.05) is 17.9 Å². The first-order valence-electron chi connectivity index (χ1n) is 3.04. The molecule has 0 heterocycles. The number of hydrogen-bond acceptors (Lipinski definition) is 0. The zero-order valence-electron chi connectivity index (χ0n) is 5.77. The van der Waals surface area contributed by atoms with Gasteiger partial charge in [0.2, 0.25) is 0 Å². The number of rotatable bonds is 5. The fraction of sp³-hybridized carbons (Fsp3) is 0.250. The van der Waals surface area contributed by atoms with Crippen molar-refractivity contribution in [2.75, 3.05) is 0 Å². The minimum absolute atomic E-state index is 0.358. The van der Waals surface area contributed by atoms with Gasteiger partial charge in [0.25, 0.3) is 0 Å². The molecule has 0 rings (SSSR count). The Morgan fingerprint density at radius 3 is 1.67 bits per heavy atom. The van der Waals surface area contributed by atoms with Crippen LogP contribution < -0.4 is 0 Å². The van der Waals surface area contributed by atoms with Crippen LogP contribution in [0.3, 0.4) is 0 Å². The van der Waals surface area contributed by atoms with Gasteiger partial charge in [-0.3, -0.25) is 0 Å². The molecular weight excluding hydrogens is 124 g/mol. The van der Waals surface area contributed by atoms with Crippen molar-refractivity contribution in [3.8, 4) is 0 Å². The van der Waals surface area contributed by atoms with Crippen molar-refractivity contribution in [2.24, 2.45) is 0 Å². The molecular formula is C8H13Si. The molecule has 0 atom stereocenters. The van der Waals surface area contributed by atoms with Crippen LogP contribution in [0, 0.1) is 0 Å². The van der Waals surface area contributed by atoms with E-state index in [1.54, 1.807) is 0 Å². The van der Waals surface area contributed by atoms with E-state index in [1.165, 1.54) is 0 Å². The van der Waals surface area contributed by atoms with Gasteiger partial charge >= 0.3 is 0 Å². The van der Waals surface area contributed by atoms with Crippen LogP contribution in [0.1, 0.15) is 0 Å². The third-order valence-corrected chi connectivity index (χ3v) is 3.31. The Balaban J connectivity index is 3.51. The van der Waals surface area contributed by atoms with E-state index < -0.39 is 0 Å². The monoisotopic (exact) mass is 137 g/mol. The molecule has 0 aliphatic carbocycles. The van der Waals surface area contributed by atoms with Crippen molar-refractivity contribution in [1.82, 2.24) is 0 Å². The highest BCUT2D eigenvalue weighted by atomic mass is 28.3. The van der Waals surface area contributed by atoms with E-state index in [0.29, 0.717) is 0 Å². The minimum Gasteiger partial charge on any atom is -0.107 e. The van der Waals surface area contributed by atoms with Crippen molar-refractivity contribution in [1.29, 1.82) is 0 Å². The van der Waals surface area contributed by atoms with Crippen molar-refractivity contribution < 1.29 is 0 Å². The molecule has 0 amide bonds. The topological polar surface area (TPSA) is 0 Å². The molecule has 9 heavy (non-hydrogen) atoms. The lowest BCUT2D eigenvalue weighted by molar-refractivity contribution is 1.55. The molecule has 0 spiro atoms. The summed E-state index contributed by atoms with van der Waals surface area (Å²) in [6, 6.07) is 2.22. The lowest BCUT2D eigenvalue weighted by Crippen LogP contribution is -2.04. The maximum atomic E-state index is 3.75. The van der Waals surface area contributed by atoms with Crippen molar-refractivity contribution in [2.45, 2.75) is 12.1 Å². The summed E-state index contributed by atoms with van der Waals surface area (Å²) in [5.41, 5.74) is 2.05. The first-order chi connectivity index (χ1) is 4.35. The summed E-state index contributed by atoms with van der Waals surface area (Å²) in [5.74, 6) is 0. The largest absolute Gasteiger partial charge is 0.107 e. The molecule has 0 unspecified atom stereocenters. The summed E-state index contributed by atoms with van der Waals surface area (Å²) in [7, 11) is -0.358.